The number of ether oxygens (including phenoxy) is 3. The maximum Gasteiger partial charge on any atom is 0.270 e. The first kappa shape index (κ1) is 26.2. The number of thiazole rings is 1. The smallest absolute Gasteiger partial charge is 0.270 e. The molecule has 0 unspecified atom stereocenters. The molecule has 1 aromatic heterocycles. The third-order valence-electron chi connectivity index (χ3n) is 6.96. The molecule has 1 N–H and O–H groups in total. The summed E-state index contributed by atoms with van der Waals surface area (Å²) in [5.74, 6) is 1.33. The molecule has 0 aliphatic carbocycles. The number of hydrogen-bond donors (Lipinski definition) is 1. The molecule has 2 aromatic rings. The van der Waals surface area contributed by atoms with E-state index in [1.807, 2.05) is 10.3 Å². The Bertz CT molecular complexity index is 1040. The molecule has 0 saturated carbocycles. The summed E-state index contributed by atoms with van der Waals surface area (Å²) in [5.41, 5.74) is 0.941. The van der Waals surface area contributed by atoms with E-state index >= 15 is 0 Å². The SMILES string of the molecule is COc1ccc(C(=O)N2CCC(c3nc(C(=O)NCCCN4CCCC4)cs3)CC2)c(OC)c1OC. The van der Waals surface area contributed by atoms with Crippen LogP contribution in [0.25, 0.3) is 0 Å². The van der Waals surface area contributed by atoms with Crippen LogP contribution in [0.5, 0.6) is 17.2 Å². The first-order chi connectivity index (χ1) is 17.5. The van der Waals surface area contributed by atoms with Crippen molar-refractivity contribution in [2.45, 2.75) is 38.0 Å². The number of aromatic nitrogens is 1. The summed E-state index contributed by atoms with van der Waals surface area (Å²) in [6.07, 6.45) is 5.12. The van der Waals surface area contributed by atoms with Gasteiger partial charge in [-0.15, -0.1) is 11.3 Å². The van der Waals surface area contributed by atoms with Crippen LogP contribution in [0.3, 0.4) is 0 Å². The van der Waals surface area contributed by atoms with Gasteiger partial charge in [0.05, 0.1) is 31.9 Å². The fourth-order valence-electron chi connectivity index (χ4n) is 4.95. The van der Waals surface area contributed by atoms with Crippen LogP contribution in [0.4, 0.5) is 0 Å². The van der Waals surface area contributed by atoms with Crippen LogP contribution >= 0.6 is 11.3 Å². The summed E-state index contributed by atoms with van der Waals surface area (Å²) in [6, 6.07) is 3.43. The van der Waals surface area contributed by atoms with Gasteiger partial charge in [-0.3, -0.25) is 9.59 Å². The summed E-state index contributed by atoms with van der Waals surface area (Å²) in [7, 11) is 4.59. The number of carbonyl (C=O) groups excluding carboxylic acids is 2. The zero-order chi connectivity index (χ0) is 25.5. The number of nitrogens with one attached hydrogen (secondary N) is 1. The Morgan fingerprint density at radius 3 is 2.42 bits per heavy atom. The van der Waals surface area contributed by atoms with Gasteiger partial charge in [-0.2, -0.15) is 0 Å². The van der Waals surface area contributed by atoms with Gasteiger partial charge in [0.2, 0.25) is 5.75 Å². The second kappa shape index (κ2) is 12.4. The second-order valence-electron chi connectivity index (χ2n) is 9.18. The minimum absolute atomic E-state index is 0.0978. The number of hydrogen-bond acceptors (Lipinski definition) is 8. The number of rotatable bonds is 10. The molecule has 2 fully saturated rings. The summed E-state index contributed by atoms with van der Waals surface area (Å²) < 4.78 is 16.2. The minimum Gasteiger partial charge on any atom is -0.493 e. The molecule has 36 heavy (non-hydrogen) atoms. The Morgan fingerprint density at radius 2 is 1.75 bits per heavy atom. The Hall–Kier alpha value is -2.85. The van der Waals surface area contributed by atoms with E-state index in [0.29, 0.717) is 48.1 Å². The molecule has 2 aliphatic rings. The number of carbonyl (C=O) groups is 2. The minimum atomic E-state index is -0.105. The lowest BCUT2D eigenvalue weighted by atomic mass is 9.97. The van der Waals surface area contributed by atoms with Crippen molar-refractivity contribution in [2.75, 3.05) is 60.6 Å². The third-order valence-corrected chi connectivity index (χ3v) is 7.96. The largest absolute Gasteiger partial charge is 0.493 e. The normalized spacial score (nSPS) is 16.7. The van der Waals surface area contributed by atoms with Crippen LogP contribution in [-0.2, 0) is 0 Å². The molecule has 0 spiro atoms. The van der Waals surface area contributed by atoms with Gasteiger partial charge in [0, 0.05) is 30.9 Å². The summed E-state index contributed by atoms with van der Waals surface area (Å²) >= 11 is 1.53. The van der Waals surface area contributed by atoms with Crippen molar-refractivity contribution in [2.24, 2.45) is 0 Å². The quantitative estimate of drug-likeness (QED) is 0.484. The molecule has 0 atom stereocenters. The lowest BCUT2D eigenvalue weighted by molar-refractivity contribution is 0.0708. The van der Waals surface area contributed by atoms with E-state index < -0.39 is 0 Å². The fourth-order valence-corrected chi connectivity index (χ4v) is 5.92. The van der Waals surface area contributed by atoms with Gasteiger partial charge in [-0.25, -0.2) is 4.98 Å². The standard InChI is InChI=1S/C26H36N4O5S/c1-33-21-8-7-19(22(34-2)23(21)35-3)26(32)30-15-9-18(10-16-30)25-28-20(17-36-25)24(31)27-11-6-14-29-12-4-5-13-29/h7-8,17-18H,4-6,9-16H2,1-3H3,(H,27,31). The van der Waals surface area contributed by atoms with Crippen molar-refractivity contribution in [3.8, 4) is 17.2 Å². The zero-order valence-electron chi connectivity index (χ0n) is 21.4. The molecular weight excluding hydrogens is 480 g/mol. The molecule has 3 heterocycles. The molecule has 0 bridgehead atoms. The van der Waals surface area contributed by atoms with E-state index in [1.54, 1.807) is 19.2 Å². The van der Waals surface area contributed by atoms with E-state index in [1.165, 1.54) is 51.5 Å². The molecule has 2 amide bonds. The average Bonchev–Trinajstić information content (AvgIpc) is 3.62. The fraction of sp³-hybridized carbons (Fsp3) is 0.577. The van der Waals surface area contributed by atoms with E-state index in [-0.39, 0.29) is 17.7 Å². The second-order valence-corrected chi connectivity index (χ2v) is 10.1. The highest BCUT2D eigenvalue weighted by Crippen LogP contribution is 2.40. The van der Waals surface area contributed by atoms with Crippen LogP contribution in [0.2, 0.25) is 0 Å². The van der Waals surface area contributed by atoms with Crippen LogP contribution in [0.15, 0.2) is 17.5 Å². The van der Waals surface area contributed by atoms with Gasteiger partial charge in [0.25, 0.3) is 11.8 Å². The van der Waals surface area contributed by atoms with Crippen molar-refractivity contribution in [1.82, 2.24) is 20.1 Å². The number of methoxy groups -OCH3 is 3. The van der Waals surface area contributed by atoms with Crippen molar-refractivity contribution in [3.05, 3.63) is 33.8 Å². The first-order valence-corrected chi connectivity index (χ1v) is 13.5. The third kappa shape index (κ3) is 5.92. The van der Waals surface area contributed by atoms with Crippen LogP contribution in [0, 0.1) is 0 Å². The Balaban J connectivity index is 1.29. The van der Waals surface area contributed by atoms with Crippen molar-refractivity contribution in [1.29, 1.82) is 0 Å². The van der Waals surface area contributed by atoms with Gasteiger partial charge in [0.1, 0.15) is 5.69 Å². The van der Waals surface area contributed by atoms with Crippen molar-refractivity contribution >= 4 is 23.2 Å². The van der Waals surface area contributed by atoms with Gasteiger partial charge in [-0.1, -0.05) is 0 Å². The highest BCUT2D eigenvalue weighted by Gasteiger charge is 2.30. The van der Waals surface area contributed by atoms with Gasteiger partial charge in [0.15, 0.2) is 11.5 Å². The van der Waals surface area contributed by atoms with E-state index in [4.69, 9.17) is 14.2 Å². The molecule has 2 saturated heterocycles. The molecule has 2 aliphatic heterocycles. The van der Waals surface area contributed by atoms with Crippen LogP contribution in [-0.4, -0.2) is 87.2 Å². The number of benzene rings is 1. The number of amides is 2. The predicted molar refractivity (Wildman–Crippen MR) is 139 cm³/mol. The molecule has 10 heteroatoms. The van der Waals surface area contributed by atoms with Gasteiger partial charge >= 0.3 is 0 Å². The maximum atomic E-state index is 13.3. The highest BCUT2D eigenvalue weighted by atomic mass is 32.1. The zero-order valence-corrected chi connectivity index (χ0v) is 22.2. The predicted octanol–water partition coefficient (Wildman–Crippen LogP) is 3.40. The summed E-state index contributed by atoms with van der Waals surface area (Å²) in [5, 5.41) is 5.81. The van der Waals surface area contributed by atoms with E-state index in [0.717, 1.165) is 30.8 Å². The molecule has 4 rings (SSSR count). The number of piperidine rings is 1. The summed E-state index contributed by atoms with van der Waals surface area (Å²) in [6.45, 7) is 5.28. The Labute approximate surface area is 216 Å². The van der Waals surface area contributed by atoms with E-state index in [9.17, 15) is 9.59 Å². The number of likely N-dealkylation sites (tertiary alicyclic amines) is 2. The first-order valence-electron chi connectivity index (χ1n) is 12.6. The van der Waals surface area contributed by atoms with Gasteiger partial charge < -0.3 is 29.3 Å². The molecule has 1 aromatic carbocycles. The molecule has 0 radical (unpaired) electrons. The van der Waals surface area contributed by atoms with Crippen molar-refractivity contribution < 1.29 is 23.8 Å². The molecular formula is C26H36N4O5S. The Kier molecular flexibility index (Phi) is 9.03. The van der Waals surface area contributed by atoms with Gasteiger partial charge in [-0.05, 0) is 63.9 Å². The topological polar surface area (TPSA) is 93.2 Å². The van der Waals surface area contributed by atoms with Crippen LogP contribution in [0.1, 0.15) is 63.9 Å². The molecule has 9 nitrogen and oxygen atoms in total. The van der Waals surface area contributed by atoms with E-state index in [2.05, 4.69) is 15.2 Å². The van der Waals surface area contributed by atoms with Crippen LogP contribution < -0.4 is 19.5 Å². The lowest BCUT2D eigenvalue weighted by Crippen LogP contribution is -2.38. The maximum absolute atomic E-state index is 13.3. The monoisotopic (exact) mass is 516 g/mol. The summed E-state index contributed by atoms with van der Waals surface area (Å²) in [4.78, 5) is 34.7. The van der Waals surface area contributed by atoms with Crippen molar-refractivity contribution in [3.63, 3.8) is 0 Å². The molecule has 196 valence electrons. The highest BCUT2D eigenvalue weighted by molar-refractivity contribution is 7.09. The Morgan fingerprint density at radius 1 is 1.03 bits per heavy atom. The average molecular weight is 517 g/mol. The lowest BCUT2D eigenvalue weighted by Gasteiger charge is -2.31. The number of nitrogens with zero attached hydrogens (tertiary/aromatic N) is 3.